The van der Waals surface area contributed by atoms with Crippen molar-refractivity contribution in [2.45, 2.75) is 6.42 Å². The highest BCUT2D eigenvalue weighted by Crippen LogP contribution is 2.35. The summed E-state index contributed by atoms with van der Waals surface area (Å²) in [6.07, 6.45) is 1.65. The molecule has 2 atom stereocenters. The van der Waals surface area contributed by atoms with Crippen molar-refractivity contribution in [1.29, 1.82) is 5.26 Å². The molecule has 0 N–H and O–H groups in total. The van der Waals surface area contributed by atoms with Gasteiger partial charge in [0.15, 0.2) is 0 Å². The summed E-state index contributed by atoms with van der Waals surface area (Å²) in [7, 11) is 0. The van der Waals surface area contributed by atoms with Crippen LogP contribution in [0.5, 0.6) is 0 Å². The summed E-state index contributed by atoms with van der Waals surface area (Å²) < 4.78 is 0. The van der Waals surface area contributed by atoms with E-state index in [2.05, 4.69) is 0 Å². The van der Waals surface area contributed by atoms with Crippen molar-refractivity contribution in [3.8, 4) is 6.07 Å². The maximum absolute atomic E-state index is 9.79. The quantitative estimate of drug-likeness (QED) is 0.441. The highest BCUT2D eigenvalue weighted by Gasteiger charge is 2.36. The maximum atomic E-state index is 9.79. The van der Waals surface area contributed by atoms with E-state index in [1.165, 1.54) is 0 Å². The summed E-state index contributed by atoms with van der Waals surface area (Å²) in [6.45, 7) is 0. The average molecular weight is 95.1 g/mol. The monoisotopic (exact) mass is 95.0 g/mol. The Bertz CT molecular complexity index is 125. The molecule has 1 saturated carbocycles. The van der Waals surface area contributed by atoms with E-state index in [-0.39, 0.29) is 11.8 Å². The topological polar surface area (TPSA) is 40.9 Å². The Morgan fingerprint density at radius 3 is 2.71 bits per heavy atom. The van der Waals surface area contributed by atoms with Crippen LogP contribution in [-0.4, -0.2) is 6.29 Å². The number of hydrogen-bond donors (Lipinski definition) is 0. The Hall–Kier alpha value is -0.840. The lowest BCUT2D eigenvalue weighted by Gasteiger charge is -1.65. The second-order valence-corrected chi connectivity index (χ2v) is 1.77. The van der Waals surface area contributed by atoms with Crippen molar-refractivity contribution in [1.82, 2.24) is 0 Å². The summed E-state index contributed by atoms with van der Waals surface area (Å²) in [5.41, 5.74) is 0. The minimum Gasteiger partial charge on any atom is -0.303 e. The first-order valence-electron chi connectivity index (χ1n) is 2.23. The van der Waals surface area contributed by atoms with Crippen LogP contribution >= 0.6 is 0 Å². The number of nitriles is 1. The van der Waals surface area contributed by atoms with Gasteiger partial charge in [-0.05, 0) is 6.42 Å². The van der Waals surface area contributed by atoms with Crippen molar-refractivity contribution in [3.05, 3.63) is 0 Å². The zero-order valence-electron chi connectivity index (χ0n) is 3.79. The van der Waals surface area contributed by atoms with Gasteiger partial charge >= 0.3 is 0 Å². The lowest BCUT2D eigenvalue weighted by molar-refractivity contribution is -0.108. The molecule has 36 valence electrons. The summed E-state index contributed by atoms with van der Waals surface area (Å²) in [6, 6.07) is 2.01. The SMILES string of the molecule is N#C[C@H]1C[C@H]1C=O. The van der Waals surface area contributed by atoms with Crippen LogP contribution in [0.2, 0.25) is 0 Å². The molecule has 2 nitrogen and oxygen atoms in total. The Balaban J connectivity index is 2.34. The zero-order valence-corrected chi connectivity index (χ0v) is 3.79. The van der Waals surface area contributed by atoms with Crippen LogP contribution < -0.4 is 0 Å². The van der Waals surface area contributed by atoms with Gasteiger partial charge in [0, 0.05) is 5.92 Å². The summed E-state index contributed by atoms with van der Waals surface area (Å²) in [5.74, 6) is 0.127. The highest BCUT2D eigenvalue weighted by atomic mass is 16.1. The van der Waals surface area contributed by atoms with Crippen LogP contribution in [0.15, 0.2) is 0 Å². The van der Waals surface area contributed by atoms with Crippen LogP contribution in [0.1, 0.15) is 6.42 Å². The van der Waals surface area contributed by atoms with Gasteiger partial charge in [-0.3, -0.25) is 0 Å². The second kappa shape index (κ2) is 1.34. The van der Waals surface area contributed by atoms with Crippen molar-refractivity contribution in [3.63, 3.8) is 0 Å². The van der Waals surface area contributed by atoms with Crippen molar-refractivity contribution < 1.29 is 4.79 Å². The first-order valence-corrected chi connectivity index (χ1v) is 2.23. The molecule has 0 heterocycles. The van der Waals surface area contributed by atoms with Crippen LogP contribution in [0.4, 0.5) is 0 Å². The predicted octanol–water partition coefficient (Wildman–Crippen LogP) is 0.345. The van der Waals surface area contributed by atoms with Gasteiger partial charge in [-0.1, -0.05) is 0 Å². The third-order valence-electron chi connectivity index (χ3n) is 1.18. The minimum atomic E-state index is 0.0532. The Kier molecular flexibility index (Phi) is 0.828. The normalized spacial score (nSPS) is 36.4. The Morgan fingerprint density at radius 2 is 2.57 bits per heavy atom. The number of rotatable bonds is 1. The first kappa shape index (κ1) is 4.32. The third-order valence-corrected chi connectivity index (χ3v) is 1.18. The summed E-state index contributed by atoms with van der Waals surface area (Å²) in [5, 5.41) is 8.10. The fourth-order valence-corrected chi connectivity index (χ4v) is 0.513. The van der Waals surface area contributed by atoms with Gasteiger partial charge in [-0.15, -0.1) is 0 Å². The molecule has 0 aromatic rings. The summed E-state index contributed by atoms with van der Waals surface area (Å²) >= 11 is 0. The number of hydrogen-bond acceptors (Lipinski definition) is 2. The van der Waals surface area contributed by atoms with Gasteiger partial charge in [0.05, 0.1) is 12.0 Å². The molecule has 0 spiro atoms. The number of aldehydes is 1. The fraction of sp³-hybridized carbons (Fsp3) is 0.600. The van der Waals surface area contributed by atoms with Gasteiger partial charge in [0.25, 0.3) is 0 Å². The minimum absolute atomic E-state index is 0.0532. The molecule has 0 aromatic carbocycles. The lowest BCUT2D eigenvalue weighted by atomic mass is 10.4. The number of carbonyl (C=O) groups is 1. The van der Waals surface area contributed by atoms with E-state index < -0.39 is 0 Å². The highest BCUT2D eigenvalue weighted by molar-refractivity contribution is 5.59. The molecule has 0 aliphatic heterocycles. The van der Waals surface area contributed by atoms with Gasteiger partial charge in [0.1, 0.15) is 6.29 Å². The van der Waals surface area contributed by atoms with Crippen molar-refractivity contribution in [2.75, 3.05) is 0 Å². The molecule has 0 unspecified atom stereocenters. The molecule has 2 heteroatoms. The fourth-order valence-electron chi connectivity index (χ4n) is 0.513. The molecule has 1 aliphatic carbocycles. The largest absolute Gasteiger partial charge is 0.303 e. The third kappa shape index (κ3) is 0.614. The van der Waals surface area contributed by atoms with E-state index in [9.17, 15) is 4.79 Å². The van der Waals surface area contributed by atoms with Gasteiger partial charge in [0.2, 0.25) is 0 Å². The maximum Gasteiger partial charge on any atom is 0.124 e. The molecular formula is C5H5NO. The molecule has 0 radical (unpaired) electrons. The van der Waals surface area contributed by atoms with E-state index in [0.29, 0.717) is 0 Å². The van der Waals surface area contributed by atoms with Crippen molar-refractivity contribution >= 4 is 6.29 Å². The van der Waals surface area contributed by atoms with Gasteiger partial charge < -0.3 is 4.79 Å². The van der Waals surface area contributed by atoms with E-state index in [1.807, 2.05) is 6.07 Å². The van der Waals surface area contributed by atoms with Crippen LogP contribution in [0.25, 0.3) is 0 Å². The van der Waals surface area contributed by atoms with Crippen LogP contribution in [-0.2, 0) is 4.79 Å². The molecule has 0 saturated heterocycles. The zero-order chi connectivity index (χ0) is 5.28. The van der Waals surface area contributed by atoms with E-state index in [0.717, 1.165) is 12.7 Å². The smallest absolute Gasteiger partial charge is 0.124 e. The molecule has 1 aliphatic rings. The van der Waals surface area contributed by atoms with Crippen LogP contribution in [0, 0.1) is 23.2 Å². The first-order chi connectivity index (χ1) is 3.38. The second-order valence-electron chi connectivity index (χ2n) is 1.77. The summed E-state index contributed by atoms with van der Waals surface area (Å²) in [4.78, 5) is 9.79. The number of nitrogens with zero attached hydrogens (tertiary/aromatic N) is 1. The molecule has 1 rings (SSSR count). The Labute approximate surface area is 41.7 Å². The van der Waals surface area contributed by atoms with Gasteiger partial charge in [-0.2, -0.15) is 5.26 Å². The standard InChI is InChI=1S/C5H5NO/c6-2-4-1-5(4)3-7/h3-5H,1H2/t4-,5+/m1/s1. The van der Waals surface area contributed by atoms with E-state index in [1.54, 1.807) is 0 Å². The predicted molar refractivity (Wildman–Crippen MR) is 23.3 cm³/mol. The van der Waals surface area contributed by atoms with E-state index >= 15 is 0 Å². The number of carbonyl (C=O) groups excluding carboxylic acids is 1. The molecule has 7 heavy (non-hydrogen) atoms. The lowest BCUT2D eigenvalue weighted by Crippen LogP contribution is -1.76. The molecule has 0 amide bonds. The molecule has 1 fully saturated rings. The molecular weight excluding hydrogens is 90.1 g/mol. The van der Waals surface area contributed by atoms with E-state index in [4.69, 9.17) is 5.26 Å². The van der Waals surface area contributed by atoms with Crippen molar-refractivity contribution in [2.24, 2.45) is 11.8 Å². The molecule has 0 bridgehead atoms. The Morgan fingerprint density at radius 1 is 1.86 bits per heavy atom. The van der Waals surface area contributed by atoms with Gasteiger partial charge in [-0.25, -0.2) is 0 Å². The molecule has 0 aromatic heterocycles. The van der Waals surface area contributed by atoms with Crippen LogP contribution in [0.3, 0.4) is 0 Å². The average Bonchev–Trinajstić information content (AvgIpc) is 2.43.